The average Bonchev–Trinajstić information content (AvgIpc) is 2.80. The Morgan fingerprint density at radius 1 is 1.40 bits per heavy atom. The van der Waals surface area contributed by atoms with Crippen LogP contribution in [0, 0.1) is 5.92 Å². The van der Waals surface area contributed by atoms with Gasteiger partial charge in [-0.2, -0.15) is 11.8 Å². The van der Waals surface area contributed by atoms with Gasteiger partial charge in [-0.3, -0.25) is 4.79 Å². The van der Waals surface area contributed by atoms with Gasteiger partial charge in [-0.1, -0.05) is 0 Å². The molecule has 2 heterocycles. The van der Waals surface area contributed by atoms with Gasteiger partial charge in [0.05, 0.1) is 5.92 Å². The number of rotatable bonds is 3. The van der Waals surface area contributed by atoms with E-state index in [4.69, 9.17) is 0 Å². The molecule has 4 heteroatoms. The minimum absolute atomic E-state index is 0.213. The van der Waals surface area contributed by atoms with Crippen LogP contribution < -0.4 is 10.6 Å². The van der Waals surface area contributed by atoms with Gasteiger partial charge in [0.1, 0.15) is 0 Å². The van der Waals surface area contributed by atoms with E-state index < -0.39 is 0 Å². The summed E-state index contributed by atoms with van der Waals surface area (Å²) < 4.78 is 0. The van der Waals surface area contributed by atoms with Gasteiger partial charge >= 0.3 is 0 Å². The SMILES string of the molecule is O=C(NCC1CCCS1)C1CCCNC1. The van der Waals surface area contributed by atoms with Crippen molar-refractivity contribution in [1.29, 1.82) is 0 Å². The molecule has 0 spiro atoms. The number of thioether (sulfide) groups is 1. The predicted molar refractivity (Wildman–Crippen MR) is 64.1 cm³/mol. The highest BCUT2D eigenvalue weighted by Gasteiger charge is 2.22. The molecule has 2 N–H and O–H groups in total. The summed E-state index contributed by atoms with van der Waals surface area (Å²) in [5, 5.41) is 7.04. The van der Waals surface area contributed by atoms with E-state index >= 15 is 0 Å². The minimum Gasteiger partial charge on any atom is -0.355 e. The Kier molecular flexibility index (Phi) is 4.32. The molecule has 2 unspecified atom stereocenters. The first-order valence-corrected chi connectivity index (χ1v) is 7.01. The maximum Gasteiger partial charge on any atom is 0.224 e. The van der Waals surface area contributed by atoms with Crippen molar-refractivity contribution < 1.29 is 4.79 Å². The summed E-state index contributed by atoms with van der Waals surface area (Å²) in [6.45, 7) is 2.81. The monoisotopic (exact) mass is 228 g/mol. The summed E-state index contributed by atoms with van der Waals surface area (Å²) in [4.78, 5) is 11.8. The van der Waals surface area contributed by atoms with Gasteiger partial charge in [-0.25, -0.2) is 0 Å². The van der Waals surface area contributed by atoms with Gasteiger partial charge in [-0.05, 0) is 38.0 Å². The fraction of sp³-hybridized carbons (Fsp3) is 0.909. The van der Waals surface area contributed by atoms with E-state index in [2.05, 4.69) is 10.6 Å². The molecule has 0 aromatic rings. The van der Waals surface area contributed by atoms with Crippen LogP contribution >= 0.6 is 11.8 Å². The normalized spacial score (nSPS) is 31.5. The quantitative estimate of drug-likeness (QED) is 0.757. The van der Waals surface area contributed by atoms with Crippen molar-refractivity contribution in [3.63, 3.8) is 0 Å². The standard InChI is InChI=1S/C11H20N2OS/c14-11(9-3-1-5-12-7-9)13-8-10-4-2-6-15-10/h9-10,12H,1-8H2,(H,13,14). The zero-order valence-corrected chi connectivity index (χ0v) is 9.94. The van der Waals surface area contributed by atoms with Crippen molar-refractivity contribution in [1.82, 2.24) is 10.6 Å². The number of piperidine rings is 1. The molecule has 3 nitrogen and oxygen atoms in total. The third-order valence-electron chi connectivity index (χ3n) is 3.20. The highest BCUT2D eigenvalue weighted by atomic mass is 32.2. The molecule has 2 saturated heterocycles. The second-order valence-corrected chi connectivity index (χ2v) is 5.83. The van der Waals surface area contributed by atoms with Crippen molar-refractivity contribution in [3.8, 4) is 0 Å². The van der Waals surface area contributed by atoms with Gasteiger partial charge in [0, 0.05) is 18.3 Å². The fourth-order valence-corrected chi connectivity index (χ4v) is 3.44. The maximum atomic E-state index is 11.8. The number of amides is 1. The Hall–Kier alpha value is -0.220. The summed E-state index contributed by atoms with van der Waals surface area (Å²) in [6, 6.07) is 0. The molecular weight excluding hydrogens is 208 g/mol. The molecule has 2 rings (SSSR count). The van der Waals surface area contributed by atoms with Crippen LogP contribution in [0.5, 0.6) is 0 Å². The van der Waals surface area contributed by atoms with Crippen molar-refractivity contribution in [2.24, 2.45) is 5.92 Å². The van der Waals surface area contributed by atoms with Gasteiger partial charge in [0.15, 0.2) is 0 Å². The molecule has 0 saturated carbocycles. The van der Waals surface area contributed by atoms with E-state index in [1.165, 1.54) is 18.6 Å². The topological polar surface area (TPSA) is 41.1 Å². The lowest BCUT2D eigenvalue weighted by atomic mass is 9.99. The molecule has 0 aliphatic carbocycles. The van der Waals surface area contributed by atoms with Crippen LogP contribution in [0.3, 0.4) is 0 Å². The lowest BCUT2D eigenvalue weighted by Gasteiger charge is -2.22. The molecule has 2 aliphatic heterocycles. The van der Waals surface area contributed by atoms with Crippen LogP contribution in [0.1, 0.15) is 25.7 Å². The summed E-state index contributed by atoms with van der Waals surface area (Å²) >= 11 is 2.00. The van der Waals surface area contributed by atoms with Gasteiger partial charge < -0.3 is 10.6 Å². The Morgan fingerprint density at radius 3 is 3.00 bits per heavy atom. The van der Waals surface area contributed by atoms with Crippen molar-refractivity contribution in [3.05, 3.63) is 0 Å². The molecule has 0 radical (unpaired) electrons. The summed E-state index contributed by atoms with van der Waals surface area (Å²) in [7, 11) is 0. The Bertz CT molecular complexity index is 211. The maximum absolute atomic E-state index is 11.8. The summed E-state index contributed by atoms with van der Waals surface area (Å²) in [5.74, 6) is 1.74. The second-order valence-electron chi connectivity index (χ2n) is 4.42. The van der Waals surface area contributed by atoms with Crippen LogP contribution in [0.2, 0.25) is 0 Å². The summed E-state index contributed by atoms with van der Waals surface area (Å²) in [6.07, 6.45) is 4.77. The van der Waals surface area contributed by atoms with E-state index in [0.717, 1.165) is 32.5 Å². The van der Waals surface area contributed by atoms with Crippen molar-refractivity contribution in [2.75, 3.05) is 25.4 Å². The highest BCUT2D eigenvalue weighted by molar-refractivity contribution is 8.00. The molecule has 0 bridgehead atoms. The van der Waals surface area contributed by atoms with Gasteiger partial charge in [0.25, 0.3) is 0 Å². The zero-order chi connectivity index (χ0) is 10.5. The lowest BCUT2D eigenvalue weighted by molar-refractivity contribution is -0.125. The molecule has 1 amide bonds. The van der Waals surface area contributed by atoms with Gasteiger partial charge in [-0.15, -0.1) is 0 Å². The predicted octanol–water partition coefficient (Wildman–Crippen LogP) is 0.998. The van der Waals surface area contributed by atoms with Crippen molar-refractivity contribution >= 4 is 17.7 Å². The fourth-order valence-electron chi connectivity index (χ4n) is 2.24. The zero-order valence-electron chi connectivity index (χ0n) is 9.13. The first-order valence-electron chi connectivity index (χ1n) is 5.96. The Balaban J connectivity index is 1.66. The van der Waals surface area contributed by atoms with Crippen LogP contribution in [-0.2, 0) is 4.79 Å². The van der Waals surface area contributed by atoms with Crippen LogP contribution in [0.25, 0.3) is 0 Å². The van der Waals surface area contributed by atoms with Gasteiger partial charge in [0.2, 0.25) is 5.91 Å². The first-order chi connectivity index (χ1) is 7.36. The second kappa shape index (κ2) is 5.75. The van der Waals surface area contributed by atoms with Crippen LogP contribution in [-0.4, -0.2) is 36.5 Å². The highest BCUT2D eigenvalue weighted by Crippen LogP contribution is 2.25. The van der Waals surface area contributed by atoms with E-state index in [9.17, 15) is 4.79 Å². The molecule has 2 atom stereocenters. The third kappa shape index (κ3) is 3.38. The number of nitrogens with one attached hydrogen (secondary N) is 2. The van der Waals surface area contributed by atoms with E-state index in [-0.39, 0.29) is 11.8 Å². The molecule has 2 fully saturated rings. The molecular formula is C11H20N2OS. The van der Waals surface area contributed by atoms with Crippen LogP contribution in [0.15, 0.2) is 0 Å². The first kappa shape index (κ1) is 11.3. The number of carbonyl (C=O) groups excluding carboxylic acids is 1. The third-order valence-corrected chi connectivity index (χ3v) is 4.59. The molecule has 0 aromatic carbocycles. The van der Waals surface area contributed by atoms with Crippen LogP contribution in [0.4, 0.5) is 0 Å². The summed E-state index contributed by atoms with van der Waals surface area (Å²) in [5.41, 5.74) is 0. The Morgan fingerprint density at radius 2 is 2.33 bits per heavy atom. The number of carbonyl (C=O) groups is 1. The lowest BCUT2D eigenvalue weighted by Crippen LogP contribution is -2.42. The minimum atomic E-state index is 0.213. The van der Waals surface area contributed by atoms with E-state index in [0.29, 0.717) is 5.25 Å². The van der Waals surface area contributed by atoms with E-state index in [1.54, 1.807) is 0 Å². The average molecular weight is 228 g/mol. The van der Waals surface area contributed by atoms with Crippen molar-refractivity contribution in [2.45, 2.75) is 30.9 Å². The Labute approximate surface area is 95.8 Å². The number of hydrogen-bond donors (Lipinski definition) is 2. The molecule has 15 heavy (non-hydrogen) atoms. The number of hydrogen-bond acceptors (Lipinski definition) is 3. The van der Waals surface area contributed by atoms with E-state index in [1.807, 2.05) is 11.8 Å². The molecule has 0 aromatic heterocycles. The molecule has 86 valence electrons. The molecule has 2 aliphatic rings. The smallest absolute Gasteiger partial charge is 0.224 e. The largest absolute Gasteiger partial charge is 0.355 e.